The van der Waals surface area contributed by atoms with Crippen molar-refractivity contribution in [3.05, 3.63) is 12.2 Å². The Labute approximate surface area is 84.5 Å². The number of piperazine rings is 1. The Bertz CT molecular complexity index is 209. The number of hydrogen-bond donors (Lipinski definition) is 2. The van der Waals surface area contributed by atoms with Crippen LogP contribution in [0.1, 0.15) is 0 Å². The first-order valence-electron chi connectivity index (χ1n) is 4.80. The molecule has 3 N–H and O–H groups in total. The van der Waals surface area contributed by atoms with Crippen molar-refractivity contribution in [2.45, 2.75) is 0 Å². The van der Waals surface area contributed by atoms with Crippen LogP contribution in [0.4, 0.5) is 0 Å². The molecule has 14 heavy (non-hydrogen) atoms. The molecule has 80 valence electrons. The van der Waals surface area contributed by atoms with E-state index in [2.05, 4.69) is 22.3 Å². The molecule has 0 unspecified atom stereocenters. The number of carbonyl (C=O) groups is 1. The monoisotopic (exact) mass is 198 g/mol. The van der Waals surface area contributed by atoms with Crippen LogP contribution in [0.2, 0.25) is 0 Å². The number of nitrogens with two attached hydrogens (primary N) is 1. The quantitative estimate of drug-likeness (QED) is 0.258. The van der Waals surface area contributed by atoms with Crippen molar-refractivity contribution in [1.29, 1.82) is 0 Å². The molecule has 5 nitrogen and oxygen atoms in total. The summed E-state index contributed by atoms with van der Waals surface area (Å²) >= 11 is 0. The summed E-state index contributed by atoms with van der Waals surface area (Å²) in [6.07, 6.45) is 3.31. The van der Waals surface area contributed by atoms with Crippen molar-refractivity contribution in [2.24, 2.45) is 5.84 Å². The Hall–Kier alpha value is -0.910. The standard InChI is InChI=1S/C9H18N4O/c1-12-5-7-13(8-6-12)4-2-3-9(14)11-10/h2-3H,4-8,10H2,1H3,(H,11,14)/b3-2+. The first-order valence-corrected chi connectivity index (χ1v) is 4.80. The molecule has 1 aliphatic rings. The van der Waals surface area contributed by atoms with E-state index in [0.717, 1.165) is 32.7 Å². The van der Waals surface area contributed by atoms with E-state index < -0.39 is 0 Å². The summed E-state index contributed by atoms with van der Waals surface area (Å²) in [6, 6.07) is 0. The summed E-state index contributed by atoms with van der Waals surface area (Å²) < 4.78 is 0. The molecule has 0 bridgehead atoms. The number of amides is 1. The van der Waals surface area contributed by atoms with Gasteiger partial charge in [0.1, 0.15) is 0 Å². The SMILES string of the molecule is CN1CCN(C/C=C/C(=O)NN)CC1. The molecule has 1 fully saturated rings. The first-order chi connectivity index (χ1) is 6.72. The van der Waals surface area contributed by atoms with Crippen molar-refractivity contribution < 1.29 is 4.79 Å². The van der Waals surface area contributed by atoms with E-state index in [4.69, 9.17) is 5.84 Å². The molecule has 0 radical (unpaired) electrons. The summed E-state index contributed by atoms with van der Waals surface area (Å²) in [5.41, 5.74) is 2.06. The predicted molar refractivity (Wildman–Crippen MR) is 55.4 cm³/mol. The second-order valence-corrected chi connectivity index (χ2v) is 3.51. The van der Waals surface area contributed by atoms with Gasteiger partial charge in [-0.05, 0) is 7.05 Å². The molecule has 0 aliphatic carbocycles. The van der Waals surface area contributed by atoms with Crippen molar-refractivity contribution in [3.8, 4) is 0 Å². The van der Waals surface area contributed by atoms with Crippen molar-refractivity contribution in [2.75, 3.05) is 39.8 Å². The molecule has 1 aliphatic heterocycles. The molecule has 5 heteroatoms. The number of hydrazine groups is 1. The van der Waals surface area contributed by atoms with Crippen LogP contribution in [0.15, 0.2) is 12.2 Å². The van der Waals surface area contributed by atoms with Gasteiger partial charge >= 0.3 is 0 Å². The zero-order valence-electron chi connectivity index (χ0n) is 8.57. The van der Waals surface area contributed by atoms with Crippen LogP contribution < -0.4 is 11.3 Å². The maximum absolute atomic E-state index is 10.8. The van der Waals surface area contributed by atoms with E-state index >= 15 is 0 Å². The van der Waals surface area contributed by atoms with E-state index in [-0.39, 0.29) is 5.91 Å². The lowest BCUT2D eigenvalue weighted by molar-refractivity contribution is -0.116. The summed E-state index contributed by atoms with van der Waals surface area (Å²) in [5.74, 6) is 4.69. The van der Waals surface area contributed by atoms with E-state index in [0.29, 0.717) is 0 Å². The average Bonchev–Trinajstić information content (AvgIpc) is 2.21. The fraction of sp³-hybridized carbons (Fsp3) is 0.667. The highest BCUT2D eigenvalue weighted by Crippen LogP contribution is 1.98. The predicted octanol–water partition coefficient (Wildman–Crippen LogP) is -1.22. The smallest absolute Gasteiger partial charge is 0.257 e. The van der Waals surface area contributed by atoms with Gasteiger partial charge in [0.15, 0.2) is 0 Å². The van der Waals surface area contributed by atoms with Crippen LogP contribution in [0.25, 0.3) is 0 Å². The van der Waals surface area contributed by atoms with Gasteiger partial charge in [0.05, 0.1) is 0 Å². The van der Waals surface area contributed by atoms with Gasteiger partial charge in [-0.2, -0.15) is 0 Å². The lowest BCUT2D eigenvalue weighted by atomic mass is 10.3. The molecule has 1 heterocycles. The van der Waals surface area contributed by atoms with Crippen LogP contribution >= 0.6 is 0 Å². The molecule has 0 atom stereocenters. The van der Waals surface area contributed by atoms with Crippen LogP contribution in [-0.2, 0) is 4.79 Å². The summed E-state index contributed by atoms with van der Waals surface area (Å²) in [6.45, 7) is 5.13. The lowest BCUT2D eigenvalue weighted by Gasteiger charge is -2.31. The molecule has 1 saturated heterocycles. The largest absolute Gasteiger partial charge is 0.304 e. The molecule has 0 saturated carbocycles. The third-order valence-electron chi connectivity index (χ3n) is 2.37. The van der Waals surface area contributed by atoms with Crippen LogP contribution in [-0.4, -0.2) is 55.5 Å². The molecule has 0 aromatic heterocycles. The summed E-state index contributed by atoms with van der Waals surface area (Å²) in [7, 11) is 2.12. The van der Waals surface area contributed by atoms with Gasteiger partial charge in [-0.15, -0.1) is 0 Å². The Kier molecular flexibility index (Phi) is 4.58. The molecule has 1 rings (SSSR count). The molecule has 0 spiro atoms. The molecular formula is C9H18N4O. The highest BCUT2D eigenvalue weighted by molar-refractivity contribution is 5.86. The second kappa shape index (κ2) is 5.74. The van der Waals surface area contributed by atoms with Crippen LogP contribution in [0.3, 0.4) is 0 Å². The number of nitrogens with one attached hydrogen (secondary N) is 1. The zero-order valence-corrected chi connectivity index (χ0v) is 8.57. The van der Waals surface area contributed by atoms with Gasteiger partial charge in [-0.3, -0.25) is 15.1 Å². The normalized spacial score (nSPS) is 20.1. The minimum absolute atomic E-state index is 0.251. The number of nitrogens with zero attached hydrogens (tertiary/aromatic N) is 2. The van der Waals surface area contributed by atoms with E-state index in [9.17, 15) is 4.79 Å². The number of rotatable bonds is 3. The van der Waals surface area contributed by atoms with E-state index in [1.54, 1.807) is 0 Å². The average molecular weight is 198 g/mol. The molecule has 0 aromatic rings. The lowest BCUT2D eigenvalue weighted by Crippen LogP contribution is -2.44. The van der Waals surface area contributed by atoms with Crippen LogP contribution in [0.5, 0.6) is 0 Å². The maximum atomic E-state index is 10.8. The van der Waals surface area contributed by atoms with Gasteiger partial charge in [0.25, 0.3) is 5.91 Å². The zero-order chi connectivity index (χ0) is 10.4. The fourth-order valence-electron chi connectivity index (χ4n) is 1.39. The van der Waals surface area contributed by atoms with Gasteiger partial charge in [0, 0.05) is 38.8 Å². The van der Waals surface area contributed by atoms with Crippen molar-refractivity contribution in [3.63, 3.8) is 0 Å². The summed E-state index contributed by atoms with van der Waals surface area (Å²) in [5, 5.41) is 0. The Morgan fingerprint density at radius 3 is 2.64 bits per heavy atom. The fourth-order valence-corrected chi connectivity index (χ4v) is 1.39. The van der Waals surface area contributed by atoms with Crippen molar-refractivity contribution in [1.82, 2.24) is 15.2 Å². The van der Waals surface area contributed by atoms with Gasteiger partial charge < -0.3 is 4.90 Å². The third-order valence-corrected chi connectivity index (χ3v) is 2.37. The molecule has 0 aromatic carbocycles. The molecule has 1 amide bonds. The topological polar surface area (TPSA) is 61.6 Å². The maximum Gasteiger partial charge on any atom is 0.257 e. The third kappa shape index (κ3) is 3.87. The number of likely N-dealkylation sites (N-methyl/N-ethyl adjacent to an activating group) is 1. The first kappa shape index (κ1) is 11.2. The Morgan fingerprint density at radius 2 is 2.07 bits per heavy atom. The number of hydrogen-bond acceptors (Lipinski definition) is 4. The summed E-state index contributed by atoms with van der Waals surface area (Å²) in [4.78, 5) is 15.4. The van der Waals surface area contributed by atoms with E-state index in [1.165, 1.54) is 6.08 Å². The van der Waals surface area contributed by atoms with Crippen LogP contribution in [0, 0.1) is 0 Å². The Morgan fingerprint density at radius 1 is 1.43 bits per heavy atom. The van der Waals surface area contributed by atoms with Gasteiger partial charge in [-0.1, -0.05) is 6.08 Å². The Balaban J connectivity index is 2.19. The second-order valence-electron chi connectivity index (χ2n) is 3.51. The van der Waals surface area contributed by atoms with Gasteiger partial charge in [-0.25, -0.2) is 5.84 Å². The number of carbonyl (C=O) groups excluding carboxylic acids is 1. The van der Waals surface area contributed by atoms with Crippen molar-refractivity contribution >= 4 is 5.91 Å². The molecular weight excluding hydrogens is 180 g/mol. The minimum atomic E-state index is -0.251. The highest BCUT2D eigenvalue weighted by Gasteiger charge is 2.11. The highest BCUT2D eigenvalue weighted by atomic mass is 16.2. The van der Waals surface area contributed by atoms with E-state index in [1.807, 2.05) is 6.08 Å². The minimum Gasteiger partial charge on any atom is -0.304 e. The van der Waals surface area contributed by atoms with Gasteiger partial charge in [0.2, 0.25) is 0 Å².